The lowest BCUT2D eigenvalue weighted by Crippen LogP contribution is -2.13. The van der Waals surface area contributed by atoms with Crippen molar-refractivity contribution in [2.24, 2.45) is 5.73 Å². The third-order valence-corrected chi connectivity index (χ3v) is 6.06. The summed E-state index contributed by atoms with van der Waals surface area (Å²) in [5.74, 6) is 0.392. The number of nitrogens with zero attached hydrogens (tertiary/aromatic N) is 3. The van der Waals surface area contributed by atoms with Crippen molar-refractivity contribution in [3.05, 3.63) is 109 Å². The highest BCUT2D eigenvalue weighted by atomic mass is 16.3. The third kappa shape index (κ3) is 4.49. The Morgan fingerprint density at radius 1 is 0.865 bits per heavy atom. The van der Waals surface area contributed by atoms with E-state index >= 15 is 0 Å². The van der Waals surface area contributed by atoms with Gasteiger partial charge in [-0.2, -0.15) is 0 Å². The maximum Gasteiger partial charge on any atom is 0.257 e. The van der Waals surface area contributed by atoms with Crippen LogP contribution in [-0.4, -0.2) is 20.9 Å². The van der Waals surface area contributed by atoms with Crippen LogP contribution in [0, 0.1) is 0 Å². The van der Waals surface area contributed by atoms with Gasteiger partial charge in [0.1, 0.15) is 23.3 Å². The molecule has 3 heterocycles. The number of anilines is 3. The van der Waals surface area contributed by atoms with Crippen LogP contribution in [-0.2, 0) is 6.54 Å². The number of amides is 1. The molecule has 0 saturated heterocycles. The number of hydrogen-bond donors (Lipinski definition) is 3. The summed E-state index contributed by atoms with van der Waals surface area (Å²) in [5.41, 5.74) is 11.7. The molecular formula is C29H22N6O2. The van der Waals surface area contributed by atoms with Crippen molar-refractivity contribution in [2.45, 2.75) is 6.54 Å². The Balaban J connectivity index is 1.21. The number of carbonyl (C=O) groups is 1. The predicted molar refractivity (Wildman–Crippen MR) is 145 cm³/mol. The molecule has 0 fully saturated rings. The summed E-state index contributed by atoms with van der Waals surface area (Å²) in [7, 11) is 0. The number of nitrogens with one attached hydrogen (secondary N) is 2. The minimum absolute atomic E-state index is 0.247. The van der Waals surface area contributed by atoms with Gasteiger partial charge in [0, 0.05) is 52.7 Å². The second-order valence-corrected chi connectivity index (χ2v) is 8.51. The quantitative estimate of drug-likeness (QED) is 0.268. The Morgan fingerprint density at radius 2 is 1.68 bits per heavy atom. The first-order valence-corrected chi connectivity index (χ1v) is 11.7. The summed E-state index contributed by atoms with van der Waals surface area (Å²) in [6.45, 7) is 0.326. The molecule has 6 aromatic rings. The largest absolute Gasteiger partial charge is 0.455 e. The van der Waals surface area contributed by atoms with Gasteiger partial charge in [0.05, 0.1) is 11.3 Å². The molecule has 180 valence electrons. The molecule has 0 spiro atoms. The Hall–Kier alpha value is -5.08. The second kappa shape index (κ2) is 9.52. The first-order chi connectivity index (χ1) is 18.2. The molecule has 8 nitrogen and oxygen atoms in total. The van der Waals surface area contributed by atoms with Gasteiger partial charge in [0.25, 0.3) is 5.91 Å². The van der Waals surface area contributed by atoms with E-state index in [0.717, 1.165) is 44.4 Å². The number of para-hydroxylation sites is 2. The van der Waals surface area contributed by atoms with E-state index in [1.54, 1.807) is 12.3 Å². The van der Waals surface area contributed by atoms with E-state index in [1.807, 2.05) is 60.7 Å². The van der Waals surface area contributed by atoms with Gasteiger partial charge < -0.3 is 20.8 Å². The van der Waals surface area contributed by atoms with Crippen molar-refractivity contribution >= 4 is 45.0 Å². The van der Waals surface area contributed by atoms with E-state index in [2.05, 4.69) is 37.7 Å². The number of hydrogen-bond acceptors (Lipinski definition) is 7. The normalized spacial score (nSPS) is 11.1. The molecule has 0 radical (unpaired) electrons. The van der Waals surface area contributed by atoms with Crippen molar-refractivity contribution in [1.29, 1.82) is 0 Å². The molecule has 0 aliphatic rings. The fourth-order valence-electron chi connectivity index (χ4n) is 4.23. The van der Waals surface area contributed by atoms with Crippen LogP contribution in [0.15, 0.2) is 102 Å². The van der Waals surface area contributed by atoms with Crippen LogP contribution in [0.4, 0.5) is 17.2 Å². The van der Waals surface area contributed by atoms with Crippen LogP contribution >= 0.6 is 0 Å². The minimum Gasteiger partial charge on any atom is -0.455 e. The van der Waals surface area contributed by atoms with Crippen LogP contribution in [0.3, 0.4) is 0 Å². The van der Waals surface area contributed by atoms with E-state index in [0.29, 0.717) is 23.6 Å². The van der Waals surface area contributed by atoms with Gasteiger partial charge in [0.15, 0.2) is 0 Å². The highest BCUT2D eigenvalue weighted by molar-refractivity contribution is 6.09. The smallest absolute Gasteiger partial charge is 0.257 e. The molecule has 0 aliphatic carbocycles. The van der Waals surface area contributed by atoms with E-state index < -0.39 is 0 Å². The second-order valence-electron chi connectivity index (χ2n) is 8.51. The van der Waals surface area contributed by atoms with Crippen molar-refractivity contribution in [3.8, 4) is 11.3 Å². The summed E-state index contributed by atoms with van der Waals surface area (Å²) in [6, 6.07) is 25.0. The molecule has 0 unspecified atom stereocenters. The van der Waals surface area contributed by atoms with Crippen molar-refractivity contribution in [2.75, 3.05) is 10.6 Å². The monoisotopic (exact) mass is 486 g/mol. The van der Waals surface area contributed by atoms with Crippen LogP contribution in [0.5, 0.6) is 0 Å². The van der Waals surface area contributed by atoms with Crippen LogP contribution < -0.4 is 16.4 Å². The van der Waals surface area contributed by atoms with E-state index in [4.69, 9.17) is 10.2 Å². The maximum atomic E-state index is 12.5. The maximum absolute atomic E-state index is 12.5. The Bertz CT molecular complexity index is 1740. The lowest BCUT2D eigenvalue weighted by Gasteiger charge is -2.09. The van der Waals surface area contributed by atoms with Crippen LogP contribution in [0.2, 0.25) is 0 Å². The molecular weight excluding hydrogens is 464 g/mol. The summed E-state index contributed by atoms with van der Waals surface area (Å²) in [5, 5.41) is 8.29. The zero-order chi connectivity index (χ0) is 25.2. The number of carbonyl (C=O) groups excluding carboxylic acids is 1. The number of pyridine rings is 1. The highest BCUT2D eigenvalue weighted by Gasteiger charge is 2.13. The predicted octanol–water partition coefficient (Wildman–Crippen LogP) is 5.89. The lowest BCUT2D eigenvalue weighted by atomic mass is 10.1. The van der Waals surface area contributed by atoms with Gasteiger partial charge in [-0.15, -0.1) is 0 Å². The van der Waals surface area contributed by atoms with Crippen LogP contribution in [0.1, 0.15) is 15.9 Å². The zero-order valence-electron chi connectivity index (χ0n) is 19.7. The topological polar surface area (TPSA) is 119 Å². The molecule has 3 aromatic heterocycles. The van der Waals surface area contributed by atoms with Gasteiger partial charge in [-0.25, -0.2) is 9.97 Å². The SMILES string of the molecule is NCc1cncc(C(=O)Nc2ccc(Nc3cc(-c4cccc5c4oc4ccccc45)ncn3)cc2)c1. The number of furan rings is 1. The van der Waals surface area contributed by atoms with Crippen molar-refractivity contribution in [3.63, 3.8) is 0 Å². The summed E-state index contributed by atoms with van der Waals surface area (Å²) in [4.78, 5) is 25.5. The molecule has 4 N–H and O–H groups in total. The van der Waals surface area contributed by atoms with Gasteiger partial charge in [-0.3, -0.25) is 9.78 Å². The molecule has 1 amide bonds. The van der Waals surface area contributed by atoms with E-state index in [9.17, 15) is 4.79 Å². The minimum atomic E-state index is -0.247. The fourth-order valence-corrected chi connectivity index (χ4v) is 4.23. The van der Waals surface area contributed by atoms with Gasteiger partial charge in [0.2, 0.25) is 0 Å². The molecule has 37 heavy (non-hydrogen) atoms. The number of nitrogens with two attached hydrogens (primary N) is 1. The lowest BCUT2D eigenvalue weighted by molar-refractivity contribution is 0.102. The van der Waals surface area contributed by atoms with Gasteiger partial charge >= 0.3 is 0 Å². The Kier molecular flexibility index (Phi) is 5.76. The zero-order valence-corrected chi connectivity index (χ0v) is 19.7. The molecule has 3 aromatic carbocycles. The first-order valence-electron chi connectivity index (χ1n) is 11.7. The Morgan fingerprint density at radius 3 is 2.54 bits per heavy atom. The molecule has 6 rings (SSSR count). The van der Waals surface area contributed by atoms with Crippen molar-refractivity contribution < 1.29 is 9.21 Å². The van der Waals surface area contributed by atoms with Gasteiger partial charge in [-0.1, -0.05) is 30.3 Å². The summed E-state index contributed by atoms with van der Waals surface area (Å²) >= 11 is 0. The molecule has 8 heteroatoms. The fraction of sp³-hybridized carbons (Fsp3) is 0.0345. The molecule has 0 aliphatic heterocycles. The van der Waals surface area contributed by atoms with Crippen LogP contribution in [0.25, 0.3) is 33.2 Å². The van der Waals surface area contributed by atoms with E-state index in [1.165, 1.54) is 12.5 Å². The number of aromatic nitrogens is 3. The average Bonchev–Trinajstić information content (AvgIpc) is 3.33. The Labute approximate surface area is 212 Å². The average molecular weight is 487 g/mol. The first kappa shape index (κ1) is 22.4. The number of fused-ring (bicyclic) bond motifs is 3. The third-order valence-electron chi connectivity index (χ3n) is 6.06. The van der Waals surface area contributed by atoms with Crippen molar-refractivity contribution in [1.82, 2.24) is 15.0 Å². The van der Waals surface area contributed by atoms with E-state index in [-0.39, 0.29) is 5.91 Å². The molecule has 0 saturated carbocycles. The summed E-state index contributed by atoms with van der Waals surface area (Å²) in [6.07, 6.45) is 4.69. The number of benzene rings is 3. The summed E-state index contributed by atoms with van der Waals surface area (Å²) < 4.78 is 6.16. The number of rotatable bonds is 6. The molecule has 0 bridgehead atoms. The standard InChI is InChI=1S/C29H22N6O2/c30-14-18-12-19(16-31-15-18)29(36)35-21-10-8-20(9-11-21)34-27-13-25(32-17-33-27)24-6-3-5-23-22-4-1-2-7-26(22)37-28(23)24/h1-13,15-17H,14,30H2,(H,35,36)(H,32,33,34). The van der Waals surface area contributed by atoms with Gasteiger partial charge in [-0.05, 0) is 48.0 Å². The molecule has 0 atom stereocenters. The highest BCUT2D eigenvalue weighted by Crippen LogP contribution is 2.35.